The van der Waals surface area contributed by atoms with Crippen molar-refractivity contribution >= 4 is 25.8 Å². The molecule has 188 valence electrons. The SMILES string of the molecule is C[C@@H](O[Si](C)(C)C(C)(C)C)[C@H]1C(=O)N[C@@H]1[C@@H](C)C(=O)C1C(=O)C(C)(C)CO[N+]12CCCCC2. The summed E-state index contributed by atoms with van der Waals surface area (Å²) in [5, 5.41) is 2.99. The molecule has 1 unspecified atom stereocenters. The first-order chi connectivity index (χ1) is 15.0. The van der Waals surface area contributed by atoms with E-state index in [9.17, 15) is 14.4 Å². The van der Waals surface area contributed by atoms with Gasteiger partial charge >= 0.3 is 0 Å². The fourth-order valence-electron chi connectivity index (χ4n) is 5.31. The van der Waals surface area contributed by atoms with Crippen LogP contribution in [0.25, 0.3) is 0 Å². The molecule has 3 saturated heterocycles. The van der Waals surface area contributed by atoms with Crippen molar-refractivity contribution in [2.75, 3.05) is 19.7 Å². The number of hydroxylamine groups is 3. The van der Waals surface area contributed by atoms with E-state index in [0.29, 0.717) is 19.7 Å². The Labute approximate surface area is 200 Å². The van der Waals surface area contributed by atoms with Gasteiger partial charge in [-0.1, -0.05) is 41.5 Å². The highest BCUT2D eigenvalue weighted by molar-refractivity contribution is 6.74. The molecule has 3 aliphatic heterocycles. The number of hydrogen-bond donors (Lipinski definition) is 1. The van der Waals surface area contributed by atoms with Crippen LogP contribution in [-0.4, -0.2) is 68.3 Å². The van der Waals surface area contributed by atoms with Crippen LogP contribution in [-0.2, 0) is 23.6 Å². The van der Waals surface area contributed by atoms with E-state index in [1.165, 1.54) is 0 Å². The van der Waals surface area contributed by atoms with E-state index in [2.05, 4.69) is 39.2 Å². The van der Waals surface area contributed by atoms with E-state index < -0.39 is 25.7 Å². The molecule has 3 rings (SSSR count). The number of carbonyl (C=O) groups excluding carboxylic acids is 3. The molecule has 1 amide bonds. The van der Waals surface area contributed by atoms with Crippen molar-refractivity contribution in [3.05, 3.63) is 0 Å². The molecular weight excluding hydrogens is 436 g/mol. The molecule has 1 spiro atoms. The second kappa shape index (κ2) is 8.84. The predicted molar refractivity (Wildman–Crippen MR) is 130 cm³/mol. The third-order valence-electron chi connectivity index (χ3n) is 8.69. The number of piperidine rings is 1. The zero-order valence-electron chi connectivity index (χ0n) is 22.1. The number of rotatable bonds is 6. The Morgan fingerprint density at radius 1 is 1.15 bits per heavy atom. The number of ketones is 2. The van der Waals surface area contributed by atoms with Gasteiger partial charge in [-0.3, -0.25) is 14.4 Å². The van der Waals surface area contributed by atoms with Gasteiger partial charge in [-0.2, -0.15) is 4.65 Å². The minimum atomic E-state index is -2.07. The average Bonchev–Trinajstić information content (AvgIpc) is 2.68. The summed E-state index contributed by atoms with van der Waals surface area (Å²) < 4.78 is 6.65. The van der Waals surface area contributed by atoms with Gasteiger partial charge in [0.15, 0.2) is 8.32 Å². The molecule has 0 bridgehead atoms. The topological polar surface area (TPSA) is 81.7 Å². The molecule has 1 N–H and O–H groups in total. The molecule has 8 heteroatoms. The molecule has 0 aromatic rings. The summed E-state index contributed by atoms with van der Waals surface area (Å²) in [5.74, 6) is -1.08. The minimum Gasteiger partial charge on any atom is -0.413 e. The summed E-state index contributed by atoms with van der Waals surface area (Å²) >= 11 is 0. The van der Waals surface area contributed by atoms with E-state index >= 15 is 0 Å². The summed E-state index contributed by atoms with van der Waals surface area (Å²) in [5.41, 5.74) is -0.692. The lowest BCUT2D eigenvalue weighted by Gasteiger charge is -2.51. The second-order valence-corrected chi connectivity index (χ2v) is 17.5. The van der Waals surface area contributed by atoms with E-state index in [1.54, 1.807) is 0 Å². The van der Waals surface area contributed by atoms with Gasteiger partial charge in [0.25, 0.3) is 0 Å². The summed E-state index contributed by atoms with van der Waals surface area (Å²) in [6.07, 6.45) is 2.71. The zero-order valence-corrected chi connectivity index (χ0v) is 23.1. The van der Waals surface area contributed by atoms with Crippen molar-refractivity contribution in [3.63, 3.8) is 0 Å². The lowest BCUT2D eigenvalue weighted by atomic mass is 9.73. The Morgan fingerprint density at radius 3 is 2.24 bits per heavy atom. The van der Waals surface area contributed by atoms with Gasteiger partial charge in [-0.05, 0) is 44.3 Å². The first-order valence-corrected chi connectivity index (χ1v) is 15.5. The third kappa shape index (κ3) is 4.73. The van der Waals surface area contributed by atoms with Crippen LogP contribution >= 0.6 is 0 Å². The number of hydrogen-bond acceptors (Lipinski definition) is 5. The molecular formula is C25H45N2O5Si+. The van der Waals surface area contributed by atoms with Crippen molar-refractivity contribution < 1.29 is 28.3 Å². The molecule has 33 heavy (non-hydrogen) atoms. The Bertz CT molecular complexity index is 797. The van der Waals surface area contributed by atoms with E-state index in [4.69, 9.17) is 9.26 Å². The fourth-order valence-corrected chi connectivity index (χ4v) is 6.74. The van der Waals surface area contributed by atoms with Crippen LogP contribution in [0.5, 0.6) is 0 Å². The number of nitrogens with zero attached hydrogens (tertiary/aromatic N) is 1. The van der Waals surface area contributed by atoms with Gasteiger partial charge in [0.2, 0.25) is 23.5 Å². The molecule has 0 aromatic carbocycles. The zero-order chi connectivity index (χ0) is 25.0. The molecule has 0 radical (unpaired) electrons. The Hall–Kier alpha value is -1.09. The van der Waals surface area contributed by atoms with E-state index in [1.807, 2.05) is 27.7 Å². The number of quaternary nitrogens is 1. The van der Waals surface area contributed by atoms with Gasteiger partial charge in [-0.25, -0.2) is 4.84 Å². The summed E-state index contributed by atoms with van der Waals surface area (Å²) in [6.45, 7) is 20.1. The van der Waals surface area contributed by atoms with Crippen LogP contribution in [0.3, 0.4) is 0 Å². The van der Waals surface area contributed by atoms with Crippen molar-refractivity contribution in [2.24, 2.45) is 17.3 Å². The van der Waals surface area contributed by atoms with Gasteiger partial charge in [0, 0.05) is 5.92 Å². The number of nitrogens with one attached hydrogen (secondary N) is 1. The monoisotopic (exact) mass is 481 g/mol. The first-order valence-electron chi connectivity index (χ1n) is 12.6. The maximum Gasteiger partial charge on any atom is 0.237 e. The molecule has 0 aliphatic carbocycles. The van der Waals surface area contributed by atoms with Crippen molar-refractivity contribution in [3.8, 4) is 0 Å². The molecule has 0 aromatic heterocycles. The van der Waals surface area contributed by atoms with Gasteiger partial charge in [-0.15, -0.1) is 0 Å². The quantitative estimate of drug-likeness (QED) is 0.271. The second-order valence-electron chi connectivity index (χ2n) is 12.7. The Kier molecular flexibility index (Phi) is 7.11. The predicted octanol–water partition coefficient (Wildman–Crippen LogP) is 3.63. The van der Waals surface area contributed by atoms with Crippen molar-refractivity contribution in [1.82, 2.24) is 5.32 Å². The number of Topliss-reactive ketones (excluding diaryl/α,β-unsaturated/α-hetero) is 2. The summed E-state index contributed by atoms with van der Waals surface area (Å²) in [7, 11) is -2.07. The summed E-state index contributed by atoms with van der Waals surface area (Å²) in [6, 6.07) is -1.15. The highest BCUT2D eigenvalue weighted by Crippen LogP contribution is 2.41. The molecule has 5 atom stereocenters. The maximum atomic E-state index is 13.9. The number of β-lactam (4-membered cyclic amide) rings is 1. The van der Waals surface area contributed by atoms with Crippen LogP contribution < -0.4 is 5.32 Å². The molecule has 3 heterocycles. The number of amides is 1. The van der Waals surface area contributed by atoms with Gasteiger partial charge in [0.1, 0.15) is 19.7 Å². The van der Waals surface area contributed by atoms with Gasteiger partial charge < -0.3 is 9.74 Å². The average molecular weight is 482 g/mol. The standard InChI is InChI=1S/C25H44N2O5Si/c1-16(19-18(23(30)26-19)17(2)32-33(8,9)24(3,4)5)21(28)20-22(29)25(6,7)15-31-27(20)13-11-10-12-14-27/h16-20H,10-15H2,1-9H3/p+1/t16-,17-,18-,19-,20?/m1/s1. The number of carbonyl (C=O) groups is 3. The largest absolute Gasteiger partial charge is 0.413 e. The lowest BCUT2D eigenvalue weighted by molar-refractivity contribution is -1.12. The van der Waals surface area contributed by atoms with Crippen LogP contribution in [0, 0.1) is 17.3 Å². The molecule has 0 saturated carbocycles. The van der Waals surface area contributed by atoms with Crippen molar-refractivity contribution in [2.45, 2.75) is 104 Å². The lowest BCUT2D eigenvalue weighted by Crippen LogP contribution is -2.73. The highest BCUT2D eigenvalue weighted by Gasteiger charge is 2.61. The van der Waals surface area contributed by atoms with E-state index in [-0.39, 0.29) is 45.2 Å². The van der Waals surface area contributed by atoms with Crippen LogP contribution in [0.4, 0.5) is 0 Å². The maximum absolute atomic E-state index is 13.9. The third-order valence-corrected chi connectivity index (χ3v) is 13.3. The molecule has 3 aliphatic rings. The normalized spacial score (nSPS) is 31.5. The van der Waals surface area contributed by atoms with Gasteiger partial charge in [0.05, 0.1) is 23.5 Å². The van der Waals surface area contributed by atoms with Crippen LogP contribution in [0.15, 0.2) is 0 Å². The fraction of sp³-hybridized carbons (Fsp3) is 0.880. The highest BCUT2D eigenvalue weighted by atomic mass is 28.4. The summed E-state index contributed by atoms with van der Waals surface area (Å²) in [4.78, 5) is 46.4. The molecule has 7 nitrogen and oxygen atoms in total. The molecule has 3 fully saturated rings. The van der Waals surface area contributed by atoms with Crippen LogP contribution in [0.1, 0.15) is 67.7 Å². The minimum absolute atomic E-state index is 0.0275. The van der Waals surface area contributed by atoms with Crippen molar-refractivity contribution in [1.29, 1.82) is 0 Å². The van der Waals surface area contributed by atoms with E-state index in [0.717, 1.165) is 19.3 Å². The van der Waals surface area contributed by atoms with Crippen LogP contribution in [0.2, 0.25) is 18.1 Å². The smallest absolute Gasteiger partial charge is 0.237 e. The first kappa shape index (κ1) is 26.5. The Morgan fingerprint density at radius 2 is 1.73 bits per heavy atom. The Balaban J connectivity index is 1.82.